The molecule has 214 valence electrons. The summed E-state index contributed by atoms with van der Waals surface area (Å²) in [5.41, 5.74) is 3.23. The van der Waals surface area contributed by atoms with Crippen molar-refractivity contribution in [1.29, 1.82) is 0 Å². The summed E-state index contributed by atoms with van der Waals surface area (Å²) in [6.45, 7) is 4.25. The number of hydrogen-bond donors (Lipinski definition) is 3. The molecule has 0 bridgehead atoms. The van der Waals surface area contributed by atoms with Gasteiger partial charge in [-0.3, -0.25) is 14.5 Å². The molecular formula is C32H30N4O5S. The number of methoxy groups -OCH3 is 1. The SMILES string of the molecule is COc1cccc(NC(=O)Nc2ccc(SC3=C(Nc4ccc(C(C)C)cc4)C(=O)N(Cc4ccco4)C3=O)cc2)c1. The molecule has 4 amide bonds. The number of imide groups is 1. The highest BCUT2D eigenvalue weighted by Crippen LogP contribution is 2.37. The van der Waals surface area contributed by atoms with Crippen LogP contribution in [-0.2, 0) is 16.1 Å². The zero-order chi connectivity index (χ0) is 29.6. The van der Waals surface area contributed by atoms with E-state index >= 15 is 0 Å². The summed E-state index contributed by atoms with van der Waals surface area (Å²) in [4.78, 5) is 41.6. The third-order valence-corrected chi connectivity index (χ3v) is 7.62. The molecule has 1 aromatic heterocycles. The Bertz CT molecular complexity index is 1610. The van der Waals surface area contributed by atoms with Gasteiger partial charge in [-0.05, 0) is 72.1 Å². The van der Waals surface area contributed by atoms with Gasteiger partial charge in [0.15, 0.2) is 0 Å². The number of benzene rings is 3. The summed E-state index contributed by atoms with van der Waals surface area (Å²) in [6, 6.07) is 24.9. The highest BCUT2D eigenvalue weighted by atomic mass is 32.2. The first kappa shape index (κ1) is 28.6. The highest BCUT2D eigenvalue weighted by Gasteiger charge is 2.39. The Kier molecular flexibility index (Phi) is 8.63. The molecule has 42 heavy (non-hydrogen) atoms. The molecule has 0 radical (unpaired) electrons. The zero-order valence-corrected chi connectivity index (χ0v) is 24.2. The van der Waals surface area contributed by atoms with Crippen LogP contribution in [0.3, 0.4) is 0 Å². The van der Waals surface area contributed by atoms with E-state index in [9.17, 15) is 14.4 Å². The number of thioether (sulfide) groups is 1. The molecule has 0 spiro atoms. The molecular weight excluding hydrogens is 552 g/mol. The van der Waals surface area contributed by atoms with E-state index in [4.69, 9.17) is 9.15 Å². The third-order valence-electron chi connectivity index (χ3n) is 6.53. The Morgan fingerprint density at radius 1 is 0.881 bits per heavy atom. The van der Waals surface area contributed by atoms with Crippen molar-refractivity contribution < 1.29 is 23.5 Å². The lowest BCUT2D eigenvalue weighted by molar-refractivity contribution is -0.138. The Labute approximate surface area is 247 Å². The van der Waals surface area contributed by atoms with Crippen LogP contribution >= 0.6 is 11.8 Å². The van der Waals surface area contributed by atoms with Crippen molar-refractivity contribution in [2.24, 2.45) is 0 Å². The number of ether oxygens (including phenoxy) is 1. The predicted octanol–water partition coefficient (Wildman–Crippen LogP) is 7.04. The van der Waals surface area contributed by atoms with Crippen molar-refractivity contribution in [3.8, 4) is 5.75 Å². The second-order valence-corrected chi connectivity index (χ2v) is 10.9. The number of carbonyl (C=O) groups excluding carboxylic acids is 3. The summed E-state index contributed by atoms with van der Waals surface area (Å²) in [6.07, 6.45) is 1.51. The van der Waals surface area contributed by atoms with Crippen LogP contribution in [0, 0.1) is 0 Å². The lowest BCUT2D eigenvalue weighted by Gasteiger charge is -2.14. The molecule has 0 aliphatic carbocycles. The Morgan fingerprint density at radius 2 is 1.60 bits per heavy atom. The van der Waals surface area contributed by atoms with Gasteiger partial charge in [0.05, 0.1) is 19.9 Å². The fourth-order valence-corrected chi connectivity index (χ4v) is 5.22. The maximum absolute atomic E-state index is 13.5. The van der Waals surface area contributed by atoms with Crippen LogP contribution in [-0.4, -0.2) is 29.9 Å². The number of urea groups is 1. The largest absolute Gasteiger partial charge is 0.497 e. The first-order valence-electron chi connectivity index (χ1n) is 13.3. The number of nitrogens with zero attached hydrogens (tertiary/aromatic N) is 1. The molecule has 0 atom stereocenters. The topological polar surface area (TPSA) is 113 Å². The molecule has 3 aromatic carbocycles. The summed E-state index contributed by atoms with van der Waals surface area (Å²) in [7, 11) is 1.56. The average molecular weight is 583 g/mol. The van der Waals surface area contributed by atoms with E-state index in [-0.39, 0.29) is 17.1 Å². The second kappa shape index (κ2) is 12.7. The van der Waals surface area contributed by atoms with E-state index < -0.39 is 17.8 Å². The van der Waals surface area contributed by atoms with Crippen molar-refractivity contribution in [2.45, 2.75) is 31.2 Å². The van der Waals surface area contributed by atoms with E-state index in [1.807, 2.05) is 24.3 Å². The van der Waals surface area contributed by atoms with E-state index in [1.165, 1.54) is 28.5 Å². The summed E-state index contributed by atoms with van der Waals surface area (Å²) >= 11 is 1.18. The van der Waals surface area contributed by atoms with Gasteiger partial charge in [0.2, 0.25) is 0 Å². The normalized spacial score (nSPS) is 13.1. The first-order valence-corrected chi connectivity index (χ1v) is 14.1. The molecule has 0 saturated heterocycles. The third kappa shape index (κ3) is 6.67. The first-order chi connectivity index (χ1) is 20.3. The smallest absolute Gasteiger partial charge is 0.323 e. The maximum atomic E-state index is 13.5. The molecule has 2 heterocycles. The molecule has 5 rings (SSSR count). The minimum atomic E-state index is -0.431. The Hall–Kier alpha value is -4.96. The van der Waals surface area contributed by atoms with Gasteiger partial charge < -0.3 is 25.1 Å². The Balaban J connectivity index is 1.32. The van der Waals surface area contributed by atoms with E-state index in [1.54, 1.807) is 67.8 Å². The van der Waals surface area contributed by atoms with Crippen LogP contribution in [0.5, 0.6) is 5.75 Å². The maximum Gasteiger partial charge on any atom is 0.323 e. The van der Waals surface area contributed by atoms with Crippen molar-refractivity contribution in [3.05, 3.63) is 113 Å². The van der Waals surface area contributed by atoms with Crippen molar-refractivity contribution in [3.63, 3.8) is 0 Å². The number of amides is 4. The molecule has 1 aliphatic heterocycles. The van der Waals surface area contributed by atoms with Crippen LogP contribution < -0.4 is 20.7 Å². The summed E-state index contributed by atoms with van der Waals surface area (Å²) < 4.78 is 10.6. The number of nitrogens with one attached hydrogen (secondary N) is 3. The molecule has 3 N–H and O–H groups in total. The molecule has 9 nitrogen and oxygen atoms in total. The van der Waals surface area contributed by atoms with Gasteiger partial charge in [-0.15, -0.1) is 0 Å². The minimum Gasteiger partial charge on any atom is -0.497 e. The van der Waals surface area contributed by atoms with Crippen molar-refractivity contribution >= 4 is 46.7 Å². The molecule has 1 aliphatic rings. The van der Waals surface area contributed by atoms with Crippen LogP contribution in [0.1, 0.15) is 31.1 Å². The highest BCUT2D eigenvalue weighted by molar-refractivity contribution is 8.04. The number of rotatable bonds is 10. The van der Waals surface area contributed by atoms with Gasteiger partial charge in [0.1, 0.15) is 22.1 Å². The molecule has 0 fully saturated rings. The van der Waals surface area contributed by atoms with E-state index in [0.29, 0.717) is 34.5 Å². The molecule has 10 heteroatoms. The van der Waals surface area contributed by atoms with E-state index in [2.05, 4.69) is 29.8 Å². The van der Waals surface area contributed by atoms with E-state index in [0.717, 1.165) is 4.90 Å². The van der Waals surface area contributed by atoms with Crippen LogP contribution in [0.2, 0.25) is 0 Å². The fraction of sp³-hybridized carbons (Fsp3) is 0.156. The standard InChI is InChI=1S/C32H30N4O5S/c1-20(2)21-9-11-22(12-10-21)33-28-29(31(38)36(30(28)37)19-26-8-5-17-41-26)42-27-15-13-23(14-16-27)34-32(39)35-24-6-4-7-25(18-24)40-3/h4-18,20,33H,19H2,1-3H3,(H2,34,35,39). The van der Waals surface area contributed by atoms with Crippen LogP contribution in [0.4, 0.5) is 21.9 Å². The minimum absolute atomic E-state index is 0.0253. The van der Waals surface area contributed by atoms with Gasteiger partial charge in [0.25, 0.3) is 11.8 Å². The number of furan rings is 1. The number of hydrogen-bond acceptors (Lipinski definition) is 7. The zero-order valence-electron chi connectivity index (χ0n) is 23.3. The molecule has 0 unspecified atom stereocenters. The van der Waals surface area contributed by atoms with Gasteiger partial charge in [0, 0.05) is 28.0 Å². The van der Waals surface area contributed by atoms with Crippen molar-refractivity contribution in [2.75, 3.05) is 23.1 Å². The van der Waals surface area contributed by atoms with Crippen LogP contribution in [0.25, 0.3) is 0 Å². The van der Waals surface area contributed by atoms with Gasteiger partial charge >= 0.3 is 6.03 Å². The fourth-order valence-electron chi connectivity index (χ4n) is 4.27. The van der Waals surface area contributed by atoms with Crippen molar-refractivity contribution in [1.82, 2.24) is 4.90 Å². The van der Waals surface area contributed by atoms with Crippen LogP contribution in [0.15, 0.2) is 111 Å². The van der Waals surface area contributed by atoms with Gasteiger partial charge in [-0.1, -0.05) is 43.8 Å². The quantitative estimate of drug-likeness (QED) is 0.172. The lowest BCUT2D eigenvalue weighted by Crippen LogP contribution is -2.31. The average Bonchev–Trinajstić information content (AvgIpc) is 3.58. The second-order valence-electron chi connectivity index (χ2n) is 9.82. The predicted molar refractivity (Wildman–Crippen MR) is 163 cm³/mol. The summed E-state index contributed by atoms with van der Waals surface area (Å²) in [5.74, 6) is 0.661. The Morgan fingerprint density at radius 3 is 2.26 bits per heavy atom. The monoisotopic (exact) mass is 582 g/mol. The van der Waals surface area contributed by atoms with Gasteiger partial charge in [-0.25, -0.2) is 4.79 Å². The van der Waals surface area contributed by atoms with Gasteiger partial charge in [-0.2, -0.15) is 0 Å². The number of anilines is 3. The number of carbonyl (C=O) groups is 3. The summed E-state index contributed by atoms with van der Waals surface area (Å²) in [5, 5.41) is 8.73. The molecule has 0 saturated carbocycles. The molecule has 4 aromatic rings. The lowest BCUT2D eigenvalue weighted by atomic mass is 10.0.